The molecule has 0 aromatic rings. The van der Waals surface area contributed by atoms with Gasteiger partial charge in [0.05, 0.1) is 17.1 Å². The molecule has 4 aliphatic rings. The zero-order chi connectivity index (χ0) is 20.9. The van der Waals surface area contributed by atoms with E-state index in [0.717, 1.165) is 77.0 Å². The molecule has 4 aliphatic carbocycles. The monoisotopic (exact) mass is 409 g/mol. The standard InChI is InChI=1S/C24H31N3O3/c28-22(16-7-1-2-8-16)25-19-13-14-20(26-23(29)17-9-3-4-10-17)21(15-19)27-24(30)18-11-5-6-12-18/h13-14,16-18H,1-12,15H2. The number of carbonyl (C=O) groups is 3. The smallest absolute Gasteiger partial charge is 0.249 e. The van der Waals surface area contributed by atoms with Gasteiger partial charge in [-0.25, -0.2) is 15.0 Å². The molecule has 0 aromatic heterocycles. The van der Waals surface area contributed by atoms with E-state index in [2.05, 4.69) is 15.0 Å². The van der Waals surface area contributed by atoms with E-state index in [-0.39, 0.29) is 41.9 Å². The van der Waals surface area contributed by atoms with E-state index < -0.39 is 0 Å². The number of aliphatic imine (C=N–C) groups is 3. The quantitative estimate of drug-likeness (QED) is 0.691. The topological polar surface area (TPSA) is 88.3 Å². The first kappa shape index (κ1) is 21.0. The predicted molar refractivity (Wildman–Crippen MR) is 117 cm³/mol. The van der Waals surface area contributed by atoms with Crippen LogP contribution in [0.4, 0.5) is 0 Å². The lowest BCUT2D eigenvalue weighted by molar-refractivity contribution is -0.122. The summed E-state index contributed by atoms with van der Waals surface area (Å²) in [6.07, 6.45) is 15.5. The summed E-state index contributed by atoms with van der Waals surface area (Å²) in [6.45, 7) is 0. The van der Waals surface area contributed by atoms with Gasteiger partial charge in [-0.05, 0) is 50.7 Å². The van der Waals surface area contributed by atoms with Crippen molar-refractivity contribution in [1.29, 1.82) is 0 Å². The highest BCUT2D eigenvalue weighted by Crippen LogP contribution is 2.28. The summed E-state index contributed by atoms with van der Waals surface area (Å²) in [5.41, 5.74) is 1.56. The molecule has 0 atom stereocenters. The third-order valence-electron chi connectivity index (χ3n) is 6.92. The fourth-order valence-electron chi connectivity index (χ4n) is 5.05. The van der Waals surface area contributed by atoms with Crippen LogP contribution >= 0.6 is 0 Å². The molecule has 3 saturated carbocycles. The van der Waals surface area contributed by atoms with Gasteiger partial charge < -0.3 is 0 Å². The Labute approximate surface area is 178 Å². The second-order valence-electron chi connectivity index (χ2n) is 9.13. The molecule has 0 N–H and O–H groups in total. The molecule has 3 fully saturated rings. The van der Waals surface area contributed by atoms with Crippen molar-refractivity contribution in [2.24, 2.45) is 32.7 Å². The summed E-state index contributed by atoms with van der Waals surface area (Å²) in [5, 5.41) is 0. The number of nitrogens with zero attached hydrogens (tertiary/aromatic N) is 3. The summed E-state index contributed by atoms with van der Waals surface area (Å²) in [7, 11) is 0. The van der Waals surface area contributed by atoms with Gasteiger partial charge in [-0.1, -0.05) is 38.5 Å². The fraction of sp³-hybridized carbons (Fsp3) is 0.667. The van der Waals surface area contributed by atoms with Crippen molar-refractivity contribution < 1.29 is 14.4 Å². The van der Waals surface area contributed by atoms with Crippen molar-refractivity contribution in [3.8, 4) is 0 Å². The summed E-state index contributed by atoms with van der Waals surface area (Å²) >= 11 is 0. The molecular formula is C24H31N3O3. The van der Waals surface area contributed by atoms with Crippen LogP contribution < -0.4 is 0 Å². The van der Waals surface area contributed by atoms with Crippen molar-refractivity contribution in [3.63, 3.8) is 0 Å². The van der Waals surface area contributed by atoms with Crippen LogP contribution in [0, 0.1) is 17.8 Å². The minimum atomic E-state index is -0.125. The summed E-state index contributed by atoms with van der Waals surface area (Å²) in [6, 6.07) is 0. The van der Waals surface area contributed by atoms with E-state index in [4.69, 9.17) is 0 Å². The summed E-state index contributed by atoms with van der Waals surface area (Å²) in [4.78, 5) is 50.8. The third kappa shape index (κ3) is 5.08. The van der Waals surface area contributed by atoms with Crippen molar-refractivity contribution in [2.75, 3.05) is 0 Å². The highest BCUT2D eigenvalue weighted by atomic mass is 16.2. The average molecular weight is 410 g/mol. The maximum Gasteiger partial charge on any atom is 0.249 e. The Kier molecular flexibility index (Phi) is 6.80. The first-order chi connectivity index (χ1) is 14.6. The Balaban J connectivity index is 1.57. The SMILES string of the molecule is O=C(N=C1C=CC(=NC(=O)C2CCCC2)C(=NC(=O)C2CCCC2)C1)C1CCCC1. The van der Waals surface area contributed by atoms with Crippen LogP contribution in [0.15, 0.2) is 27.1 Å². The Morgan fingerprint density at radius 3 is 1.53 bits per heavy atom. The Hall–Kier alpha value is -2.24. The van der Waals surface area contributed by atoms with Crippen LogP contribution in [-0.2, 0) is 14.4 Å². The fourth-order valence-corrected chi connectivity index (χ4v) is 5.05. The zero-order valence-corrected chi connectivity index (χ0v) is 17.6. The van der Waals surface area contributed by atoms with Gasteiger partial charge >= 0.3 is 0 Å². The van der Waals surface area contributed by atoms with Crippen molar-refractivity contribution in [2.45, 2.75) is 83.5 Å². The Morgan fingerprint density at radius 2 is 1.03 bits per heavy atom. The first-order valence-electron chi connectivity index (χ1n) is 11.6. The van der Waals surface area contributed by atoms with E-state index in [9.17, 15) is 14.4 Å². The van der Waals surface area contributed by atoms with Gasteiger partial charge in [-0.3, -0.25) is 14.4 Å². The maximum atomic E-state index is 12.7. The number of amides is 3. The molecule has 160 valence electrons. The molecule has 30 heavy (non-hydrogen) atoms. The van der Waals surface area contributed by atoms with E-state index in [1.807, 2.05) is 0 Å². The van der Waals surface area contributed by atoms with Crippen molar-refractivity contribution >= 4 is 34.9 Å². The Bertz CT molecular complexity index is 819. The van der Waals surface area contributed by atoms with Gasteiger partial charge in [-0.2, -0.15) is 0 Å². The molecule has 0 bridgehead atoms. The van der Waals surface area contributed by atoms with Crippen LogP contribution in [0.3, 0.4) is 0 Å². The average Bonchev–Trinajstić information content (AvgIpc) is 3.52. The van der Waals surface area contributed by atoms with E-state index in [1.54, 1.807) is 12.2 Å². The first-order valence-corrected chi connectivity index (χ1v) is 11.6. The summed E-state index contributed by atoms with van der Waals surface area (Å²) < 4.78 is 0. The molecule has 3 amide bonds. The van der Waals surface area contributed by atoms with Gasteiger partial charge in [-0.15, -0.1) is 0 Å². The normalized spacial score (nSPS) is 27.7. The third-order valence-corrected chi connectivity index (χ3v) is 6.92. The number of hydrogen-bond donors (Lipinski definition) is 0. The molecule has 0 unspecified atom stereocenters. The van der Waals surface area contributed by atoms with Gasteiger partial charge in [0.1, 0.15) is 0 Å². The van der Waals surface area contributed by atoms with E-state index in [1.165, 1.54) is 0 Å². The molecule has 6 heteroatoms. The molecule has 0 aromatic carbocycles. The maximum absolute atomic E-state index is 12.7. The molecule has 4 rings (SSSR count). The highest BCUT2D eigenvalue weighted by molar-refractivity contribution is 6.54. The highest BCUT2D eigenvalue weighted by Gasteiger charge is 2.28. The number of hydrogen-bond acceptors (Lipinski definition) is 3. The second kappa shape index (κ2) is 9.71. The molecule has 0 radical (unpaired) electrons. The molecule has 0 spiro atoms. The number of rotatable bonds is 3. The second-order valence-corrected chi connectivity index (χ2v) is 9.13. The van der Waals surface area contributed by atoms with Crippen molar-refractivity contribution in [3.05, 3.63) is 12.2 Å². The van der Waals surface area contributed by atoms with Crippen molar-refractivity contribution in [1.82, 2.24) is 0 Å². The predicted octanol–water partition coefficient (Wildman–Crippen LogP) is 4.42. The van der Waals surface area contributed by atoms with Gasteiger partial charge in [0.15, 0.2) is 0 Å². The molecular weight excluding hydrogens is 378 g/mol. The lowest BCUT2D eigenvalue weighted by Crippen LogP contribution is -2.26. The van der Waals surface area contributed by atoms with Crippen LogP contribution in [-0.4, -0.2) is 34.9 Å². The van der Waals surface area contributed by atoms with E-state index in [0.29, 0.717) is 17.1 Å². The lowest BCUT2D eigenvalue weighted by Gasteiger charge is -2.15. The van der Waals surface area contributed by atoms with Crippen LogP contribution in [0.2, 0.25) is 0 Å². The number of carbonyl (C=O) groups excluding carboxylic acids is 3. The largest absolute Gasteiger partial charge is 0.272 e. The van der Waals surface area contributed by atoms with Crippen LogP contribution in [0.25, 0.3) is 0 Å². The number of allylic oxidation sites excluding steroid dienone is 2. The lowest BCUT2D eigenvalue weighted by atomic mass is 9.99. The van der Waals surface area contributed by atoms with Crippen LogP contribution in [0.1, 0.15) is 83.5 Å². The molecule has 0 saturated heterocycles. The molecule has 0 heterocycles. The van der Waals surface area contributed by atoms with Gasteiger partial charge in [0, 0.05) is 24.2 Å². The molecule has 6 nitrogen and oxygen atoms in total. The summed E-state index contributed by atoms with van der Waals surface area (Å²) in [5.74, 6) is -0.343. The van der Waals surface area contributed by atoms with Crippen LogP contribution in [0.5, 0.6) is 0 Å². The minimum absolute atomic E-state index is 0.0170. The van der Waals surface area contributed by atoms with Gasteiger partial charge in [0.2, 0.25) is 17.7 Å². The zero-order valence-electron chi connectivity index (χ0n) is 17.6. The Morgan fingerprint density at radius 1 is 0.600 bits per heavy atom. The van der Waals surface area contributed by atoms with E-state index >= 15 is 0 Å². The molecule has 0 aliphatic heterocycles. The minimum Gasteiger partial charge on any atom is -0.272 e. The van der Waals surface area contributed by atoms with Gasteiger partial charge in [0.25, 0.3) is 0 Å².